The summed E-state index contributed by atoms with van der Waals surface area (Å²) in [4.78, 5) is 14.8. The van der Waals surface area contributed by atoms with Crippen LogP contribution in [0.4, 0.5) is 5.69 Å². The maximum Gasteiger partial charge on any atom is 0.227 e. The SMILES string of the molecule is O=C(CC1CCS(=O)(=O)C1)N1CC2(CCCC2)c2ccccc21. The molecule has 2 fully saturated rings. The summed E-state index contributed by atoms with van der Waals surface area (Å²) in [7, 11) is -2.92. The Hall–Kier alpha value is -1.36. The van der Waals surface area contributed by atoms with E-state index in [1.807, 2.05) is 17.0 Å². The molecule has 5 heteroatoms. The summed E-state index contributed by atoms with van der Waals surface area (Å²) in [6, 6.07) is 8.28. The van der Waals surface area contributed by atoms with Gasteiger partial charge in [0.05, 0.1) is 11.5 Å². The molecule has 4 rings (SSSR count). The van der Waals surface area contributed by atoms with Crippen LogP contribution < -0.4 is 4.90 Å². The second-order valence-electron chi connectivity index (χ2n) is 7.46. The summed E-state index contributed by atoms with van der Waals surface area (Å²) in [5, 5.41) is 0. The number of hydrogen-bond acceptors (Lipinski definition) is 3. The van der Waals surface area contributed by atoms with Crippen molar-refractivity contribution in [2.45, 2.75) is 43.9 Å². The first kappa shape index (κ1) is 15.2. The van der Waals surface area contributed by atoms with Crippen molar-refractivity contribution in [3.8, 4) is 0 Å². The van der Waals surface area contributed by atoms with Crippen molar-refractivity contribution < 1.29 is 13.2 Å². The Morgan fingerprint density at radius 1 is 1.22 bits per heavy atom. The molecule has 1 saturated heterocycles. The Bertz CT molecular complexity index is 734. The number of hydrogen-bond donors (Lipinski definition) is 0. The van der Waals surface area contributed by atoms with Crippen LogP contribution in [0.5, 0.6) is 0 Å². The van der Waals surface area contributed by atoms with E-state index >= 15 is 0 Å². The summed E-state index contributed by atoms with van der Waals surface area (Å²) in [6.07, 6.45) is 5.78. The number of anilines is 1. The number of amides is 1. The number of para-hydroxylation sites is 1. The fourth-order valence-corrected chi connectivity index (χ4v) is 6.58. The highest BCUT2D eigenvalue weighted by atomic mass is 32.2. The van der Waals surface area contributed by atoms with Crippen LogP contribution in [0.1, 0.15) is 44.1 Å². The van der Waals surface area contributed by atoms with Gasteiger partial charge >= 0.3 is 0 Å². The Morgan fingerprint density at radius 2 is 1.96 bits per heavy atom. The van der Waals surface area contributed by atoms with Gasteiger partial charge in [-0.3, -0.25) is 4.79 Å². The molecule has 0 N–H and O–H groups in total. The van der Waals surface area contributed by atoms with E-state index in [0.717, 1.165) is 25.1 Å². The van der Waals surface area contributed by atoms with Crippen molar-refractivity contribution in [3.05, 3.63) is 29.8 Å². The van der Waals surface area contributed by atoms with Gasteiger partial charge in [-0.1, -0.05) is 31.0 Å². The van der Waals surface area contributed by atoms with Gasteiger partial charge in [0.15, 0.2) is 9.84 Å². The third-order valence-electron chi connectivity index (χ3n) is 5.88. The first-order chi connectivity index (χ1) is 11.0. The second-order valence-corrected chi connectivity index (χ2v) is 9.69. The number of sulfone groups is 1. The molecule has 1 aliphatic carbocycles. The van der Waals surface area contributed by atoms with Gasteiger partial charge in [0, 0.05) is 24.1 Å². The molecular formula is C18H23NO3S. The standard InChI is InChI=1S/C18H23NO3S/c20-17(11-14-7-10-23(21,22)12-14)19-13-18(8-3-4-9-18)15-5-1-2-6-16(15)19/h1-2,5-6,14H,3-4,7-13H2. The molecule has 0 bridgehead atoms. The van der Waals surface area contributed by atoms with Gasteiger partial charge in [-0.05, 0) is 36.8 Å². The highest BCUT2D eigenvalue weighted by Crippen LogP contribution is 2.50. The Balaban J connectivity index is 1.57. The second kappa shape index (κ2) is 5.33. The van der Waals surface area contributed by atoms with Crippen LogP contribution in [-0.4, -0.2) is 32.4 Å². The molecule has 3 aliphatic rings. The largest absolute Gasteiger partial charge is 0.311 e. The van der Waals surface area contributed by atoms with E-state index in [2.05, 4.69) is 12.1 Å². The van der Waals surface area contributed by atoms with Gasteiger partial charge in [-0.15, -0.1) is 0 Å². The predicted octanol–water partition coefficient (Wildman–Crippen LogP) is 2.67. The molecule has 124 valence electrons. The zero-order valence-corrected chi connectivity index (χ0v) is 14.1. The number of fused-ring (bicyclic) bond motifs is 2. The van der Waals surface area contributed by atoms with Crippen molar-refractivity contribution >= 4 is 21.4 Å². The van der Waals surface area contributed by atoms with Crippen molar-refractivity contribution in [1.82, 2.24) is 0 Å². The number of nitrogens with zero attached hydrogens (tertiary/aromatic N) is 1. The van der Waals surface area contributed by atoms with Gasteiger partial charge in [-0.25, -0.2) is 8.42 Å². The van der Waals surface area contributed by atoms with Crippen LogP contribution in [0.25, 0.3) is 0 Å². The molecule has 1 spiro atoms. The van der Waals surface area contributed by atoms with Crippen molar-refractivity contribution in [3.63, 3.8) is 0 Å². The van der Waals surface area contributed by atoms with Gasteiger partial charge < -0.3 is 4.90 Å². The van der Waals surface area contributed by atoms with Gasteiger partial charge in [0.1, 0.15) is 0 Å². The minimum atomic E-state index is -2.92. The molecule has 1 amide bonds. The number of carbonyl (C=O) groups is 1. The topological polar surface area (TPSA) is 54.5 Å². The van der Waals surface area contributed by atoms with Crippen molar-refractivity contribution in [2.75, 3.05) is 23.0 Å². The summed E-state index contributed by atoms with van der Waals surface area (Å²) in [5.41, 5.74) is 2.53. The lowest BCUT2D eigenvalue weighted by Gasteiger charge is -2.25. The average molecular weight is 333 g/mol. The Labute approximate surface area is 137 Å². The highest BCUT2D eigenvalue weighted by Gasteiger charge is 2.46. The quantitative estimate of drug-likeness (QED) is 0.836. The van der Waals surface area contributed by atoms with Crippen LogP contribution in [-0.2, 0) is 20.0 Å². The molecule has 1 unspecified atom stereocenters. The van der Waals surface area contributed by atoms with Gasteiger partial charge in [0.2, 0.25) is 5.91 Å². The predicted molar refractivity (Wildman–Crippen MR) is 90.3 cm³/mol. The molecule has 1 aromatic rings. The molecule has 0 radical (unpaired) electrons. The van der Waals surface area contributed by atoms with E-state index in [9.17, 15) is 13.2 Å². The first-order valence-corrected chi connectivity index (χ1v) is 10.4. The molecule has 0 aromatic heterocycles. The zero-order chi connectivity index (χ0) is 16.1. The summed E-state index contributed by atoms with van der Waals surface area (Å²) >= 11 is 0. The minimum absolute atomic E-state index is 0.000194. The molecule has 1 atom stereocenters. The van der Waals surface area contributed by atoms with E-state index in [1.165, 1.54) is 18.4 Å². The van der Waals surface area contributed by atoms with Crippen LogP contribution in [0, 0.1) is 5.92 Å². The Kier molecular flexibility index (Phi) is 3.52. The molecule has 23 heavy (non-hydrogen) atoms. The average Bonchev–Trinajstić information content (AvgIpc) is 3.20. The van der Waals surface area contributed by atoms with E-state index in [1.54, 1.807) is 0 Å². The number of rotatable bonds is 2. The third-order valence-corrected chi connectivity index (χ3v) is 7.72. The zero-order valence-electron chi connectivity index (χ0n) is 13.3. The molecular weight excluding hydrogens is 310 g/mol. The van der Waals surface area contributed by atoms with Crippen molar-refractivity contribution in [1.29, 1.82) is 0 Å². The monoisotopic (exact) mass is 333 g/mol. The lowest BCUT2D eigenvalue weighted by molar-refractivity contribution is -0.119. The minimum Gasteiger partial charge on any atom is -0.311 e. The van der Waals surface area contributed by atoms with Gasteiger partial charge in [0.25, 0.3) is 0 Å². The van der Waals surface area contributed by atoms with Crippen molar-refractivity contribution in [2.24, 2.45) is 5.92 Å². The van der Waals surface area contributed by atoms with Crippen LogP contribution in [0.15, 0.2) is 24.3 Å². The maximum atomic E-state index is 12.8. The molecule has 4 nitrogen and oxygen atoms in total. The first-order valence-electron chi connectivity index (χ1n) is 8.59. The van der Waals surface area contributed by atoms with Crippen LogP contribution >= 0.6 is 0 Å². The molecule has 2 heterocycles. The van der Waals surface area contributed by atoms with Crippen LogP contribution in [0.2, 0.25) is 0 Å². The summed E-state index contributed by atoms with van der Waals surface area (Å²) < 4.78 is 23.2. The van der Waals surface area contributed by atoms with Gasteiger partial charge in [-0.2, -0.15) is 0 Å². The Morgan fingerprint density at radius 3 is 2.65 bits per heavy atom. The lowest BCUT2D eigenvalue weighted by atomic mass is 9.81. The molecule has 1 saturated carbocycles. The molecule has 2 aliphatic heterocycles. The number of benzene rings is 1. The molecule has 1 aromatic carbocycles. The van der Waals surface area contributed by atoms with E-state index in [-0.39, 0.29) is 28.7 Å². The summed E-state index contributed by atoms with van der Waals surface area (Å²) in [5.74, 6) is 0.522. The number of carbonyl (C=O) groups excluding carboxylic acids is 1. The van der Waals surface area contributed by atoms with E-state index in [0.29, 0.717) is 12.8 Å². The van der Waals surface area contributed by atoms with E-state index in [4.69, 9.17) is 0 Å². The summed E-state index contributed by atoms with van der Waals surface area (Å²) in [6.45, 7) is 0.782. The lowest BCUT2D eigenvalue weighted by Crippen LogP contribution is -2.36. The fourth-order valence-electron chi connectivity index (χ4n) is 4.72. The highest BCUT2D eigenvalue weighted by molar-refractivity contribution is 7.91. The van der Waals surface area contributed by atoms with Crippen LogP contribution in [0.3, 0.4) is 0 Å². The third kappa shape index (κ3) is 2.59. The maximum absolute atomic E-state index is 12.8. The fraction of sp³-hybridized carbons (Fsp3) is 0.611. The van der Waals surface area contributed by atoms with E-state index < -0.39 is 9.84 Å². The smallest absolute Gasteiger partial charge is 0.227 e. The normalized spacial score (nSPS) is 27.5.